The zero-order valence-electron chi connectivity index (χ0n) is 12.7. The number of carbonyl (C=O) groups excluding carboxylic acids is 1. The third-order valence-electron chi connectivity index (χ3n) is 2.80. The summed E-state index contributed by atoms with van der Waals surface area (Å²) in [6.07, 6.45) is 3.04. The van der Waals surface area contributed by atoms with Gasteiger partial charge in [-0.05, 0) is 25.3 Å². The third-order valence-corrected chi connectivity index (χ3v) is 2.80. The van der Waals surface area contributed by atoms with E-state index in [-0.39, 0.29) is 18.0 Å². The highest BCUT2D eigenvalue weighted by Crippen LogP contribution is 2.03. The summed E-state index contributed by atoms with van der Waals surface area (Å²) in [6, 6.07) is 1.32. The molecule has 1 heterocycles. The van der Waals surface area contributed by atoms with Crippen LogP contribution in [0.15, 0.2) is 17.1 Å². The Bertz CT molecular complexity index is 499. The van der Waals surface area contributed by atoms with E-state index in [2.05, 4.69) is 24.3 Å². The molecular weight excluding hydrogens is 272 g/mol. The molecule has 0 saturated carbocycles. The minimum atomic E-state index is -0.362. The fourth-order valence-corrected chi connectivity index (χ4v) is 1.58. The van der Waals surface area contributed by atoms with Gasteiger partial charge in [-0.15, -0.1) is 0 Å². The van der Waals surface area contributed by atoms with Crippen molar-refractivity contribution in [3.8, 4) is 5.75 Å². The van der Waals surface area contributed by atoms with Crippen LogP contribution in [0.25, 0.3) is 0 Å². The quantitative estimate of drug-likeness (QED) is 0.631. The van der Waals surface area contributed by atoms with Crippen LogP contribution < -0.4 is 21.3 Å². The zero-order chi connectivity index (χ0) is 15.7. The summed E-state index contributed by atoms with van der Waals surface area (Å²) in [4.78, 5) is 23.5. The van der Waals surface area contributed by atoms with Gasteiger partial charge in [-0.2, -0.15) is 5.10 Å². The van der Waals surface area contributed by atoms with Gasteiger partial charge < -0.3 is 15.8 Å². The highest BCUT2D eigenvalue weighted by molar-refractivity contribution is 5.75. The molecule has 0 atom stereocenters. The highest BCUT2D eigenvalue weighted by Gasteiger charge is 2.07. The molecule has 0 radical (unpaired) electrons. The lowest BCUT2D eigenvalue weighted by Crippen LogP contribution is -2.34. The van der Waals surface area contributed by atoms with E-state index >= 15 is 0 Å². The maximum absolute atomic E-state index is 11.8. The maximum atomic E-state index is 11.8. The normalized spacial score (nSPS) is 10.7. The van der Waals surface area contributed by atoms with Crippen LogP contribution in [0.3, 0.4) is 0 Å². The fourth-order valence-electron chi connectivity index (χ4n) is 1.58. The van der Waals surface area contributed by atoms with E-state index < -0.39 is 0 Å². The summed E-state index contributed by atoms with van der Waals surface area (Å²) < 4.78 is 6.43. The van der Waals surface area contributed by atoms with E-state index in [0.717, 1.165) is 11.1 Å². The molecule has 3 N–H and O–H groups in total. The van der Waals surface area contributed by atoms with Crippen LogP contribution in [0.4, 0.5) is 0 Å². The molecule has 0 unspecified atom stereocenters. The zero-order valence-corrected chi connectivity index (χ0v) is 12.7. The molecule has 7 heteroatoms. The first-order valence-electron chi connectivity index (χ1n) is 7.19. The fraction of sp³-hybridized carbons (Fsp3) is 0.643. The van der Waals surface area contributed by atoms with Gasteiger partial charge in [-0.3, -0.25) is 9.59 Å². The predicted molar refractivity (Wildman–Crippen MR) is 80.1 cm³/mol. The summed E-state index contributed by atoms with van der Waals surface area (Å²) in [7, 11) is 0. The van der Waals surface area contributed by atoms with Crippen molar-refractivity contribution in [2.75, 3.05) is 19.7 Å². The number of rotatable bonds is 9. The van der Waals surface area contributed by atoms with Gasteiger partial charge in [0.2, 0.25) is 5.91 Å². The Kier molecular flexibility index (Phi) is 7.45. The minimum absolute atomic E-state index is 0.0833. The van der Waals surface area contributed by atoms with Crippen LogP contribution in [0.1, 0.15) is 26.7 Å². The molecule has 7 nitrogen and oxygen atoms in total. The molecule has 21 heavy (non-hydrogen) atoms. The molecule has 1 rings (SSSR count). The third kappa shape index (κ3) is 6.89. The van der Waals surface area contributed by atoms with Crippen LogP contribution in [0, 0.1) is 5.92 Å². The van der Waals surface area contributed by atoms with Crippen molar-refractivity contribution in [1.29, 1.82) is 0 Å². The minimum Gasteiger partial charge on any atom is -0.492 e. The Labute approximate surface area is 124 Å². The van der Waals surface area contributed by atoms with E-state index in [0.29, 0.717) is 37.8 Å². The lowest BCUT2D eigenvalue weighted by molar-refractivity contribution is -0.121. The van der Waals surface area contributed by atoms with Gasteiger partial charge in [-0.1, -0.05) is 13.8 Å². The van der Waals surface area contributed by atoms with Crippen LogP contribution in [0.5, 0.6) is 5.75 Å². The number of carbonyl (C=O) groups is 1. The first-order chi connectivity index (χ1) is 10.0. The number of nitrogens with zero attached hydrogens (tertiary/aromatic N) is 2. The van der Waals surface area contributed by atoms with Crippen molar-refractivity contribution < 1.29 is 9.53 Å². The van der Waals surface area contributed by atoms with Crippen LogP contribution in [0.2, 0.25) is 0 Å². The molecule has 1 amide bonds. The van der Waals surface area contributed by atoms with Gasteiger partial charge >= 0.3 is 0 Å². The Morgan fingerprint density at radius 2 is 2.29 bits per heavy atom. The lowest BCUT2D eigenvalue weighted by Gasteiger charge is -2.09. The monoisotopic (exact) mass is 296 g/mol. The van der Waals surface area contributed by atoms with Crippen molar-refractivity contribution in [3.63, 3.8) is 0 Å². The Morgan fingerprint density at radius 3 is 2.90 bits per heavy atom. The molecule has 0 bridgehead atoms. The molecular formula is C14H24N4O3. The number of ether oxygens (including phenoxy) is 1. The molecule has 0 fully saturated rings. The molecule has 1 aromatic heterocycles. The maximum Gasteiger partial charge on any atom is 0.270 e. The van der Waals surface area contributed by atoms with E-state index in [1.807, 2.05) is 0 Å². The predicted octanol–water partition coefficient (Wildman–Crippen LogP) is 0.133. The molecule has 0 aromatic carbocycles. The van der Waals surface area contributed by atoms with Gasteiger partial charge in [-0.25, -0.2) is 4.68 Å². The Hall–Kier alpha value is -1.89. The van der Waals surface area contributed by atoms with E-state index in [4.69, 9.17) is 10.5 Å². The number of nitrogens with two attached hydrogens (primary N) is 1. The number of nitrogens with one attached hydrogen (secondary N) is 1. The van der Waals surface area contributed by atoms with Crippen LogP contribution in [-0.4, -0.2) is 35.4 Å². The average Bonchev–Trinajstić information content (AvgIpc) is 2.41. The van der Waals surface area contributed by atoms with Gasteiger partial charge in [0.1, 0.15) is 12.3 Å². The Morgan fingerprint density at radius 1 is 1.52 bits per heavy atom. The summed E-state index contributed by atoms with van der Waals surface area (Å²) in [6.45, 7) is 5.66. The standard InChI is InChI=1S/C14H24N4O3/c1-11(2)4-6-16-13(19)10-18-14(20)8-12(9-17-18)21-7-3-5-15/h8-9,11H,3-7,10,15H2,1-2H3,(H,16,19). The van der Waals surface area contributed by atoms with Crippen molar-refractivity contribution >= 4 is 5.91 Å². The number of aromatic nitrogens is 2. The van der Waals surface area contributed by atoms with Crippen molar-refractivity contribution in [1.82, 2.24) is 15.1 Å². The second kappa shape index (κ2) is 9.12. The van der Waals surface area contributed by atoms with Crippen LogP contribution in [-0.2, 0) is 11.3 Å². The molecule has 1 aromatic rings. The van der Waals surface area contributed by atoms with E-state index in [9.17, 15) is 9.59 Å². The molecule has 0 aliphatic heterocycles. The summed E-state index contributed by atoms with van der Waals surface area (Å²) >= 11 is 0. The Balaban J connectivity index is 2.48. The lowest BCUT2D eigenvalue weighted by atomic mass is 10.1. The second-order valence-corrected chi connectivity index (χ2v) is 5.21. The van der Waals surface area contributed by atoms with Gasteiger partial charge in [0, 0.05) is 12.6 Å². The first kappa shape index (κ1) is 17.2. The molecule has 0 spiro atoms. The van der Waals surface area contributed by atoms with Crippen molar-refractivity contribution in [2.24, 2.45) is 11.7 Å². The summed E-state index contributed by atoms with van der Waals surface area (Å²) in [5.41, 5.74) is 4.99. The average molecular weight is 296 g/mol. The highest BCUT2D eigenvalue weighted by atomic mass is 16.5. The molecule has 0 aliphatic rings. The number of hydrogen-bond donors (Lipinski definition) is 2. The van der Waals surface area contributed by atoms with Crippen molar-refractivity contribution in [3.05, 3.63) is 22.6 Å². The second-order valence-electron chi connectivity index (χ2n) is 5.21. The molecule has 118 valence electrons. The molecule has 0 aliphatic carbocycles. The SMILES string of the molecule is CC(C)CCNC(=O)Cn1ncc(OCCCN)cc1=O. The van der Waals surface area contributed by atoms with Crippen molar-refractivity contribution in [2.45, 2.75) is 33.2 Å². The molecule has 0 saturated heterocycles. The smallest absolute Gasteiger partial charge is 0.270 e. The van der Waals surface area contributed by atoms with Gasteiger partial charge in [0.05, 0.1) is 12.8 Å². The van der Waals surface area contributed by atoms with Crippen LogP contribution >= 0.6 is 0 Å². The number of amides is 1. The van der Waals surface area contributed by atoms with Gasteiger partial charge in [0.15, 0.2) is 0 Å². The van der Waals surface area contributed by atoms with Gasteiger partial charge in [0.25, 0.3) is 5.56 Å². The summed E-state index contributed by atoms with van der Waals surface area (Å²) in [5.74, 6) is 0.697. The topological polar surface area (TPSA) is 99.2 Å². The summed E-state index contributed by atoms with van der Waals surface area (Å²) in [5, 5.41) is 6.69. The largest absolute Gasteiger partial charge is 0.492 e. The number of hydrogen-bond acceptors (Lipinski definition) is 5. The van der Waals surface area contributed by atoms with E-state index in [1.54, 1.807) is 0 Å². The first-order valence-corrected chi connectivity index (χ1v) is 7.19. The van der Waals surface area contributed by atoms with E-state index in [1.165, 1.54) is 12.3 Å².